The summed E-state index contributed by atoms with van der Waals surface area (Å²) in [6.07, 6.45) is 2.24. The normalized spacial score (nSPS) is 26.9. The van der Waals surface area contributed by atoms with E-state index in [4.69, 9.17) is 0 Å². The smallest absolute Gasteiger partial charge is 0.325 e. The van der Waals surface area contributed by atoms with E-state index < -0.39 is 11.6 Å². The number of carbonyl (C=O) groups is 3. The maximum absolute atomic E-state index is 13.3. The van der Waals surface area contributed by atoms with E-state index in [-0.39, 0.29) is 23.7 Å². The second-order valence-corrected chi connectivity index (χ2v) is 9.35. The molecule has 1 aliphatic carbocycles. The van der Waals surface area contributed by atoms with Crippen molar-refractivity contribution < 1.29 is 14.4 Å². The van der Waals surface area contributed by atoms with Crippen LogP contribution in [0.15, 0.2) is 24.3 Å². The van der Waals surface area contributed by atoms with E-state index >= 15 is 0 Å². The van der Waals surface area contributed by atoms with Crippen LogP contribution >= 0.6 is 0 Å². The van der Waals surface area contributed by atoms with Gasteiger partial charge in [0, 0.05) is 22.2 Å². The molecule has 1 aromatic carbocycles. The number of nitrogens with zero attached hydrogens (tertiary/aromatic N) is 1. The third-order valence-electron chi connectivity index (χ3n) is 6.10. The number of amides is 3. The van der Waals surface area contributed by atoms with Gasteiger partial charge in [-0.3, -0.25) is 14.5 Å². The van der Waals surface area contributed by atoms with Gasteiger partial charge in [-0.15, -0.1) is 0 Å². The minimum atomic E-state index is -0.881. The van der Waals surface area contributed by atoms with Crippen LogP contribution in [0, 0.1) is 18.3 Å². The van der Waals surface area contributed by atoms with Gasteiger partial charge in [-0.05, 0) is 43.6 Å². The van der Waals surface area contributed by atoms with Crippen LogP contribution in [0.5, 0.6) is 0 Å². The fourth-order valence-electron chi connectivity index (χ4n) is 5.51. The standard InChI is InChI=1S/C22H27N3O3/c1-13-9-21(3,4)12-22(10-13)19(27)25(20(28)24-22)11-17(26)18-14(2)23-16-8-6-5-7-15(16)18/h5-8,13,23H,9-12H2,1-4H3,(H,24,28)/t13-,22+/m0/s1. The summed E-state index contributed by atoms with van der Waals surface area (Å²) in [5, 5.41) is 3.75. The molecule has 6 heteroatoms. The van der Waals surface area contributed by atoms with Crippen molar-refractivity contribution in [2.75, 3.05) is 6.54 Å². The SMILES string of the molecule is Cc1[nH]c2ccccc2c1C(=O)CN1C(=O)N[C@@]2(C[C@@H](C)CC(C)(C)C2)C1=O. The zero-order valence-electron chi connectivity index (χ0n) is 16.9. The second kappa shape index (κ2) is 6.19. The maximum atomic E-state index is 13.3. The number of hydrogen-bond donors (Lipinski definition) is 2. The Bertz CT molecular complexity index is 990. The Labute approximate surface area is 164 Å². The van der Waals surface area contributed by atoms with Crippen molar-refractivity contribution in [3.8, 4) is 0 Å². The molecule has 0 unspecified atom stereocenters. The van der Waals surface area contributed by atoms with Gasteiger partial charge in [0.25, 0.3) is 5.91 Å². The molecule has 2 aliphatic rings. The van der Waals surface area contributed by atoms with Gasteiger partial charge < -0.3 is 10.3 Å². The fraction of sp³-hybridized carbons (Fsp3) is 0.500. The lowest BCUT2D eigenvalue weighted by atomic mass is 9.64. The molecule has 4 rings (SSSR count). The molecule has 1 spiro atoms. The molecule has 0 bridgehead atoms. The molecule has 1 saturated heterocycles. The molecule has 1 aromatic heterocycles. The number of imide groups is 1. The molecule has 6 nitrogen and oxygen atoms in total. The number of urea groups is 1. The number of H-pyrrole nitrogens is 1. The first-order chi connectivity index (χ1) is 13.1. The van der Waals surface area contributed by atoms with Crippen molar-refractivity contribution in [1.29, 1.82) is 0 Å². The fourth-order valence-corrected chi connectivity index (χ4v) is 5.51. The molecular formula is C22H27N3O3. The first-order valence-corrected chi connectivity index (χ1v) is 9.86. The van der Waals surface area contributed by atoms with E-state index in [2.05, 4.69) is 31.1 Å². The lowest BCUT2D eigenvalue weighted by molar-refractivity contribution is -0.134. The predicted octanol–water partition coefficient (Wildman–Crippen LogP) is 3.80. The number of rotatable bonds is 3. The van der Waals surface area contributed by atoms with Crippen molar-refractivity contribution in [3.05, 3.63) is 35.5 Å². The molecule has 3 amide bonds. The monoisotopic (exact) mass is 381 g/mol. The molecule has 2 aromatic rings. The van der Waals surface area contributed by atoms with E-state index in [1.165, 1.54) is 0 Å². The summed E-state index contributed by atoms with van der Waals surface area (Å²) in [6.45, 7) is 7.99. The molecule has 2 fully saturated rings. The molecule has 148 valence electrons. The Balaban J connectivity index is 1.62. The Hall–Kier alpha value is -2.63. The maximum Gasteiger partial charge on any atom is 0.325 e. The van der Waals surface area contributed by atoms with Crippen molar-refractivity contribution in [2.24, 2.45) is 11.3 Å². The summed E-state index contributed by atoms with van der Waals surface area (Å²) >= 11 is 0. The number of benzene rings is 1. The number of aromatic amines is 1. The average Bonchev–Trinajstić information content (AvgIpc) is 3.01. The molecular weight excluding hydrogens is 354 g/mol. The number of hydrogen-bond acceptors (Lipinski definition) is 3. The highest BCUT2D eigenvalue weighted by atomic mass is 16.2. The third kappa shape index (κ3) is 2.91. The first-order valence-electron chi connectivity index (χ1n) is 9.86. The second-order valence-electron chi connectivity index (χ2n) is 9.35. The first kappa shape index (κ1) is 18.7. The minimum absolute atomic E-state index is 0.0337. The zero-order chi connectivity index (χ0) is 20.3. The minimum Gasteiger partial charge on any atom is -0.358 e. The zero-order valence-corrected chi connectivity index (χ0v) is 16.9. The topological polar surface area (TPSA) is 82.3 Å². The number of fused-ring (bicyclic) bond motifs is 1. The molecule has 1 aliphatic heterocycles. The van der Waals surface area contributed by atoms with Crippen LogP contribution in [0.2, 0.25) is 0 Å². The Morgan fingerprint density at radius 2 is 1.93 bits per heavy atom. The lowest BCUT2D eigenvalue weighted by Gasteiger charge is -2.43. The molecule has 1 saturated carbocycles. The van der Waals surface area contributed by atoms with Crippen LogP contribution in [0.3, 0.4) is 0 Å². The molecule has 2 N–H and O–H groups in total. The molecule has 2 atom stereocenters. The van der Waals surface area contributed by atoms with Crippen molar-refractivity contribution in [2.45, 2.75) is 52.5 Å². The summed E-state index contributed by atoms with van der Waals surface area (Å²) < 4.78 is 0. The predicted molar refractivity (Wildman–Crippen MR) is 107 cm³/mol. The van der Waals surface area contributed by atoms with Gasteiger partial charge in [-0.2, -0.15) is 0 Å². The van der Waals surface area contributed by atoms with Crippen LogP contribution < -0.4 is 5.32 Å². The van der Waals surface area contributed by atoms with Crippen LogP contribution in [0.25, 0.3) is 10.9 Å². The van der Waals surface area contributed by atoms with Crippen LogP contribution in [0.4, 0.5) is 4.79 Å². The summed E-state index contributed by atoms with van der Waals surface area (Å²) in [6, 6.07) is 7.11. The van der Waals surface area contributed by atoms with Gasteiger partial charge in [0.2, 0.25) is 0 Å². The average molecular weight is 381 g/mol. The van der Waals surface area contributed by atoms with Gasteiger partial charge in [0.05, 0.1) is 6.54 Å². The van der Waals surface area contributed by atoms with E-state index in [1.54, 1.807) is 0 Å². The quantitative estimate of drug-likeness (QED) is 0.627. The molecule has 28 heavy (non-hydrogen) atoms. The van der Waals surface area contributed by atoms with Gasteiger partial charge >= 0.3 is 6.03 Å². The Morgan fingerprint density at radius 1 is 1.21 bits per heavy atom. The van der Waals surface area contributed by atoms with Crippen LogP contribution in [0.1, 0.15) is 56.1 Å². The highest BCUT2D eigenvalue weighted by molar-refractivity contribution is 6.15. The molecule has 2 heterocycles. The lowest BCUT2D eigenvalue weighted by Crippen LogP contribution is -2.54. The number of aryl methyl sites for hydroxylation is 1. The van der Waals surface area contributed by atoms with Gasteiger partial charge in [0.15, 0.2) is 5.78 Å². The molecule has 0 radical (unpaired) electrons. The summed E-state index contributed by atoms with van der Waals surface area (Å²) in [4.78, 5) is 43.3. The van der Waals surface area contributed by atoms with Crippen molar-refractivity contribution in [3.63, 3.8) is 0 Å². The van der Waals surface area contributed by atoms with Crippen molar-refractivity contribution >= 4 is 28.6 Å². The van der Waals surface area contributed by atoms with Crippen LogP contribution in [-0.4, -0.2) is 39.7 Å². The largest absolute Gasteiger partial charge is 0.358 e. The van der Waals surface area contributed by atoms with Gasteiger partial charge in [-0.1, -0.05) is 39.0 Å². The van der Waals surface area contributed by atoms with E-state index in [0.717, 1.165) is 27.9 Å². The van der Waals surface area contributed by atoms with Crippen molar-refractivity contribution in [1.82, 2.24) is 15.2 Å². The third-order valence-corrected chi connectivity index (χ3v) is 6.10. The van der Waals surface area contributed by atoms with Gasteiger partial charge in [-0.25, -0.2) is 4.79 Å². The number of para-hydroxylation sites is 1. The summed E-state index contributed by atoms with van der Waals surface area (Å²) in [5.41, 5.74) is 1.26. The van der Waals surface area contributed by atoms with E-state index in [9.17, 15) is 14.4 Å². The number of nitrogens with one attached hydrogen (secondary N) is 2. The highest BCUT2D eigenvalue weighted by Crippen LogP contribution is 2.46. The Kier molecular flexibility index (Phi) is 4.14. The summed E-state index contributed by atoms with van der Waals surface area (Å²) in [7, 11) is 0. The van der Waals surface area contributed by atoms with E-state index in [0.29, 0.717) is 24.3 Å². The number of ketones is 1. The van der Waals surface area contributed by atoms with E-state index in [1.807, 2.05) is 31.2 Å². The Morgan fingerprint density at radius 3 is 2.64 bits per heavy atom. The number of Topliss-reactive ketones (excluding diaryl/α,β-unsaturated/α-hetero) is 1. The number of carbonyl (C=O) groups excluding carboxylic acids is 3. The van der Waals surface area contributed by atoms with Crippen LogP contribution in [-0.2, 0) is 4.79 Å². The van der Waals surface area contributed by atoms with Gasteiger partial charge in [0.1, 0.15) is 5.54 Å². The number of aromatic nitrogens is 1. The summed E-state index contributed by atoms with van der Waals surface area (Å²) in [5.74, 6) is -0.152. The highest BCUT2D eigenvalue weighted by Gasteiger charge is 2.56.